The monoisotopic (exact) mass is 149 g/mol. The number of hydrogen-bond acceptors (Lipinski definition) is 1. The van der Waals surface area contributed by atoms with Crippen molar-refractivity contribution in [2.75, 3.05) is 0 Å². The van der Waals surface area contributed by atoms with Gasteiger partial charge in [0, 0.05) is 6.04 Å². The first-order chi connectivity index (χ1) is 5.18. The fraction of sp³-hybridized carbons (Fsp3) is 0.400. The molecule has 1 aromatic carbocycles. The summed E-state index contributed by atoms with van der Waals surface area (Å²) < 4.78 is 0. The fourth-order valence-corrected chi connectivity index (χ4v) is 1.21. The average Bonchev–Trinajstić information content (AvgIpc) is 1.85. The zero-order chi connectivity index (χ0) is 8.27. The van der Waals surface area contributed by atoms with Gasteiger partial charge in [-0.15, -0.1) is 0 Å². The third-order valence-electron chi connectivity index (χ3n) is 1.64. The zero-order valence-corrected chi connectivity index (χ0v) is 7.17. The van der Waals surface area contributed by atoms with Crippen molar-refractivity contribution in [3.63, 3.8) is 0 Å². The summed E-state index contributed by atoms with van der Waals surface area (Å²) in [4.78, 5) is 0. The molecule has 2 N–H and O–H groups in total. The van der Waals surface area contributed by atoms with Crippen LogP contribution in [0.25, 0.3) is 0 Å². The highest BCUT2D eigenvalue weighted by atomic mass is 14.6. The van der Waals surface area contributed by atoms with Crippen LogP contribution in [0, 0.1) is 6.92 Å². The van der Waals surface area contributed by atoms with Gasteiger partial charge in [0.15, 0.2) is 0 Å². The molecule has 0 aromatic heterocycles. The molecule has 0 aliphatic carbocycles. The number of hydrogen-bond donors (Lipinski definition) is 1. The summed E-state index contributed by atoms with van der Waals surface area (Å²) in [6, 6.07) is 8.74. The van der Waals surface area contributed by atoms with Crippen LogP contribution in [0.2, 0.25) is 0 Å². The van der Waals surface area contributed by atoms with E-state index in [4.69, 9.17) is 5.73 Å². The lowest BCUT2D eigenvalue weighted by atomic mass is 10.1. The second-order valence-electron chi connectivity index (χ2n) is 3.17. The molecule has 0 unspecified atom stereocenters. The summed E-state index contributed by atoms with van der Waals surface area (Å²) in [6.07, 6.45) is 0.974. The van der Waals surface area contributed by atoms with Crippen molar-refractivity contribution < 1.29 is 0 Å². The van der Waals surface area contributed by atoms with E-state index < -0.39 is 0 Å². The van der Waals surface area contributed by atoms with E-state index in [1.54, 1.807) is 0 Å². The Bertz CT molecular complexity index is 228. The van der Waals surface area contributed by atoms with Crippen LogP contribution in [0.4, 0.5) is 0 Å². The van der Waals surface area contributed by atoms with Crippen molar-refractivity contribution in [1.29, 1.82) is 0 Å². The largest absolute Gasteiger partial charge is 0.328 e. The van der Waals surface area contributed by atoms with E-state index in [-0.39, 0.29) is 6.04 Å². The van der Waals surface area contributed by atoms with Gasteiger partial charge in [-0.1, -0.05) is 29.8 Å². The predicted molar refractivity (Wildman–Crippen MR) is 48.5 cm³/mol. The molecule has 1 atom stereocenters. The maximum atomic E-state index is 5.67. The average molecular weight is 149 g/mol. The van der Waals surface area contributed by atoms with Gasteiger partial charge >= 0.3 is 0 Å². The molecular weight excluding hydrogens is 134 g/mol. The SMILES string of the molecule is Cc1cccc(C[C@@H](C)N)c1. The summed E-state index contributed by atoms with van der Waals surface area (Å²) in [6.45, 7) is 4.13. The van der Waals surface area contributed by atoms with E-state index in [0.29, 0.717) is 0 Å². The molecule has 0 fully saturated rings. The molecule has 0 heterocycles. The number of rotatable bonds is 2. The number of benzene rings is 1. The molecule has 1 heteroatoms. The van der Waals surface area contributed by atoms with E-state index in [2.05, 4.69) is 31.2 Å². The Kier molecular flexibility index (Phi) is 2.66. The number of nitrogens with two attached hydrogens (primary N) is 1. The van der Waals surface area contributed by atoms with Gasteiger partial charge in [0.05, 0.1) is 0 Å². The highest BCUT2D eigenvalue weighted by Gasteiger charge is 1.96. The van der Waals surface area contributed by atoms with Crippen molar-refractivity contribution in [3.8, 4) is 0 Å². The summed E-state index contributed by atoms with van der Waals surface area (Å²) in [7, 11) is 0. The van der Waals surface area contributed by atoms with Crippen molar-refractivity contribution >= 4 is 0 Å². The van der Waals surface area contributed by atoms with Gasteiger partial charge in [0.1, 0.15) is 0 Å². The van der Waals surface area contributed by atoms with Crippen LogP contribution < -0.4 is 5.73 Å². The highest BCUT2D eigenvalue weighted by molar-refractivity contribution is 5.22. The van der Waals surface area contributed by atoms with Crippen molar-refractivity contribution in [2.45, 2.75) is 26.3 Å². The van der Waals surface area contributed by atoms with E-state index >= 15 is 0 Å². The first kappa shape index (κ1) is 8.28. The third kappa shape index (κ3) is 2.72. The summed E-state index contributed by atoms with van der Waals surface area (Å²) >= 11 is 0. The maximum Gasteiger partial charge on any atom is 0.00509 e. The summed E-state index contributed by atoms with van der Waals surface area (Å²) in [5, 5.41) is 0. The van der Waals surface area contributed by atoms with Crippen LogP contribution in [0.3, 0.4) is 0 Å². The van der Waals surface area contributed by atoms with Crippen LogP contribution in [0.1, 0.15) is 18.1 Å². The molecule has 0 saturated heterocycles. The second kappa shape index (κ2) is 3.54. The lowest BCUT2D eigenvalue weighted by Gasteiger charge is -2.04. The minimum absolute atomic E-state index is 0.261. The quantitative estimate of drug-likeness (QED) is 0.682. The van der Waals surface area contributed by atoms with E-state index in [9.17, 15) is 0 Å². The Hall–Kier alpha value is -0.820. The van der Waals surface area contributed by atoms with Gasteiger partial charge in [0.25, 0.3) is 0 Å². The minimum Gasteiger partial charge on any atom is -0.328 e. The Morgan fingerprint density at radius 3 is 2.73 bits per heavy atom. The van der Waals surface area contributed by atoms with Crippen LogP contribution in [-0.2, 0) is 6.42 Å². The topological polar surface area (TPSA) is 26.0 Å². The van der Waals surface area contributed by atoms with E-state index in [1.165, 1.54) is 11.1 Å². The van der Waals surface area contributed by atoms with E-state index in [1.807, 2.05) is 6.92 Å². The summed E-state index contributed by atoms with van der Waals surface area (Å²) in [5.74, 6) is 0. The van der Waals surface area contributed by atoms with Gasteiger partial charge in [-0.05, 0) is 25.8 Å². The minimum atomic E-state index is 0.261. The van der Waals surface area contributed by atoms with Crippen LogP contribution >= 0.6 is 0 Å². The van der Waals surface area contributed by atoms with Gasteiger partial charge in [-0.3, -0.25) is 0 Å². The standard InChI is InChI=1S/C10H15N/c1-8-4-3-5-10(6-8)7-9(2)11/h3-6,9H,7,11H2,1-2H3/t9-/m1/s1. The fourth-order valence-electron chi connectivity index (χ4n) is 1.21. The number of aryl methyl sites for hydroxylation is 1. The molecule has 0 spiro atoms. The molecule has 1 aromatic rings. The molecule has 1 rings (SSSR count). The molecule has 0 radical (unpaired) electrons. The van der Waals surface area contributed by atoms with Gasteiger partial charge in [-0.2, -0.15) is 0 Å². The molecule has 0 bridgehead atoms. The van der Waals surface area contributed by atoms with Crippen molar-refractivity contribution in [2.24, 2.45) is 5.73 Å². The molecule has 0 amide bonds. The first-order valence-electron chi connectivity index (χ1n) is 3.99. The predicted octanol–water partition coefficient (Wildman–Crippen LogP) is 1.88. The molecular formula is C10H15N. The van der Waals surface area contributed by atoms with Gasteiger partial charge in [0.2, 0.25) is 0 Å². The maximum absolute atomic E-state index is 5.67. The van der Waals surface area contributed by atoms with Gasteiger partial charge < -0.3 is 5.73 Å². The highest BCUT2D eigenvalue weighted by Crippen LogP contribution is 2.05. The normalized spacial score (nSPS) is 13.0. The van der Waals surface area contributed by atoms with Crippen LogP contribution in [0.5, 0.6) is 0 Å². The molecule has 0 aliphatic heterocycles. The van der Waals surface area contributed by atoms with Crippen molar-refractivity contribution in [3.05, 3.63) is 35.4 Å². The lowest BCUT2D eigenvalue weighted by Crippen LogP contribution is -2.17. The van der Waals surface area contributed by atoms with Crippen LogP contribution in [0.15, 0.2) is 24.3 Å². The molecule has 0 aliphatic rings. The molecule has 1 nitrogen and oxygen atoms in total. The summed E-state index contributed by atoms with van der Waals surface area (Å²) in [5.41, 5.74) is 8.32. The lowest BCUT2D eigenvalue weighted by molar-refractivity contribution is 0.738. The van der Waals surface area contributed by atoms with Gasteiger partial charge in [-0.25, -0.2) is 0 Å². The van der Waals surface area contributed by atoms with E-state index in [0.717, 1.165) is 6.42 Å². The van der Waals surface area contributed by atoms with Crippen LogP contribution in [-0.4, -0.2) is 6.04 Å². The Balaban J connectivity index is 2.71. The Morgan fingerprint density at radius 2 is 2.18 bits per heavy atom. The first-order valence-corrected chi connectivity index (χ1v) is 3.99. The smallest absolute Gasteiger partial charge is 0.00509 e. The third-order valence-corrected chi connectivity index (χ3v) is 1.64. The molecule has 60 valence electrons. The molecule has 0 saturated carbocycles. The zero-order valence-electron chi connectivity index (χ0n) is 7.17. The molecule has 11 heavy (non-hydrogen) atoms. The second-order valence-corrected chi connectivity index (χ2v) is 3.17. The van der Waals surface area contributed by atoms with Crippen molar-refractivity contribution in [1.82, 2.24) is 0 Å². The Labute approximate surface area is 68.2 Å². The Morgan fingerprint density at radius 1 is 1.45 bits per heavy atom.